The second-order valence-electron chi connectivity index (χ2n) is 3.20. The molecule has 0 aliphatic carbocycles. The zero-order valence-corrected chi connectivity index (χ0v) is 8.59. The summed E-state index contributed by atoms with van der Waals surface area (Å²) in [6, 6.07) is 0.551. The Hall–Kier alpha value is -0.480. The lowest BCUT2D eigenvalue weighted by atomic mass is 10.1. The summed E-state index contributed by atoms with van der Waals surface area (Å²) >= 11 is 1.74. The molecular formula is C9H14N2OS. The quantitative estimate of drug-likeness (QED) is 0.680. The fourth-order valence-corrected chi connectivity index (χ4v) is 1.94. The molecule has 0 radical (unpaired) electrons. The first-order valence-electron chi connectivity index (χ1n) is 4.56. The molecule has 0 saturated carbocycles. The van der Waals surface area contributed by atoms with E-state index in [1.54, 1.807) is 11.8 Å². The van der Waals surface area contributed by atoms with Crippen LogP contribution >= 0.6 is 11.8 Å². The molecule has 0 bridgehead atoms. The van der Waals surface area contributed by atoms with Crippen LogP contribution in [0.3, 0.4) is 0 Å². The Morgan fingerprint density at radius 1 is 1.54 bits per heavy atom. The van der Waals surface area contributed by atoms with Crippen molar-refractivity contribution < 1.29 is 4.74 Å². The highest BCUT2D eigenvalue weighted by molar-refractivity contribution is 7.98. The minimum Gasteiger partial charge on any atom is -0.381 e. The minimum absolute atomic E-state index is 0.551. The van der Waals surface area contributed by atoms with Crippen molar-refractivity contribution in [2.24, 2.45) is 0 Å². The molecule has 1 aromatic rings. The van der Waals surface area contributed by atoms with Crippen LogP contribution in [0, 0.1) is 0 Å². The molecule has 3 nitrogen and oxygen atoms in total. The first-order valence-corrected chi connectivity index (χ1v) is 5.78. The molecule has 1 fully saturated rings. The molecule has 0 amide bonds. The third kappa shape index (κ3) is 2.06. The van der Waals surface area contributed by atoms with Gasteiger partial charge in [0.1, 0.15) is 0 Å². The highest BCUT2D eigenvalue weighted by Gasteiger charge is 2.15. The van der Waals surface area contributed by atoms with Crippen molar-refractivity contribution in [3.63, 3.8) is 0 Å². The van der Waals surface area contributed by atoms with Crippen LogP contribution in [0.2, 0.25) is 0 Å². The number of ether oxygens (including phenoxy) is 1. The Morgan fingerprint density at radius 2 is 2.31 bits per heavy atom. The molecule has 0 spiro atoms. The van der Waals surface area contributed by atoms with Gasteiger partial charge in [-0.05, 0) is 19.1 Å². The molecule has 2 heterocycles. The molecule has 4 heteroatoms. The van der Waals surface area contributed by atoms with E-state index in [1.807, 2.05) is 6.20 Å². The van der Waals surface area contributed by atoms with Crippen molar-refractivity contribution in [3.05, 3.63) is 12.4 Å². The van der Waals surface area contributed by atoms with Gasteiger partial charge < -0.3 is 4.74 Å². The molecule has 13 heavy (non-hydrogen) atoms. The predicted molar refractivity (Wildman–Crippen MR) is 53.1 cm³/mol. The van der Waals surface area contributed by atoms with Gasteiger partial charge >= 0.3 is 0 Å². The Kier molecular flexibility index (Phi) is 2.90. The van der Waals surface area contributed by atoms with E-state index in [4.69, 9.17) is 4.74 Å². The summed E-state index contributed by atoms with van der Waals surface area (Å²) in [5.74, 6) is 0. The third-order valence-corrected chi connectivity index (χ3v) is 3.06. The van der Waals surface area contributed by atoms with E-state index < -0.39 is 0 Å². The summed E-state index contributed by atoms with van der Waals surface area (Å²) in [7, 11) is 0. The van der Waals surface area contributed by atoms with Crippen molar-refractivity contribution in [1.82, 2.24) is 9.78 Å². The lowest BCUT2D eigenvalue weighted by Crippen LogP contribution is -2.19. The van der Waals surface area contributed by atoms with E-state index in [0.717, 1.165) is 26.1 Å². The number of hydrogen-bond donors (Lipinski definition) is 0. The van der Waals surface area contributed by atoms with E-state index in [0.29, 0.717) is 6.04 Å². The third-order valence-electron chi connectivity index (χ3n) is 2.38. The maximum absolute atomic E-state index is 5.31. The van der Waals surface area contributed by atoms with Crippen LogP contribution < -0.4 is 0 Å². The average molecular weight is 198 g/mol. The molecule has 0 atom stereocenters. The zero-order valence-electron chi connectivity index (χ0n) is 7.77. The maximum atomic E-state index is 5.31. The Labute approximate surface area is 82.5 Å². The van der Waals surface area contributed by atoms with Crippen LogP contribution in [-0.4, -0.2) is 29.3 Å². The largest absolute Gasteiger partial charge is 0.381 e. The molecule has 0 unspecified atom stereocenters. The van der Waals surface area contributed by atoms with Crippen LogP contribution in [0.25, 0.3) is 0 Å². The van der Waals surface area contributed by atoms with Gasteiger partial charge in [-0.15, -0.1) is 11.8 Å². The zero-order chi connectivity index (χ0) is 9.10. The topological polar surface area (TPSA) is 27.1 Å². The van der Waals surface area contributed by atoms with Crippen molar-refractivity contribution in [2.45, 2.75) is 23.8 Å². The number of nitrogens with zero attached hydrogens (tertiary/aromatic N) is 2. The van der Waals surface area contributed by atoms with Crippen LogP contribution in [0.15, 0.2) is 17.3 Å². The van der Waals surface area contributed by atoms with Gasteiger partial charge in [-0.3, -0.25) is 4.68 Å². The monoisotopic (exact) mass is 198 g/mol. The summed E-state index contributed by atoms with van der Waals surface area (Å²) in [6.07, 6.45) is 8.32. The highest BCUT2D eigenvalue weighted by Crippen LogP contribution is 2.22. The van der Waals surface area contributed by atoms with Gasteiger partial charge in [0, 0.05) is 24.3 Å². The van der Waals surface area contributed by atoms with Gasteiger partial charge in [-0.25, -0.2) is 0 Å². The summed E-state index contributed by atoms with van der Waals surface area (Å²) in [6.45, 7) is 1.75. The van der Waals surface area contributed by atoms with Crippen LogP contribution in [0.4, 0.5) is 0 Å². The standard InChI is InChI=1S/C9H14N2OS/c1-13-9-6-10-11(7-9)8-2-4-12-5-3-8/h6-8H,2-5H2,1H3. The normalized spacial score (nSPS) is 19.2. The smallest absolute Gasteiger partial charge is 0.0625 e. The Bertz CT molecular complexity index is 268. The van der Waals surface area contributed by atoms with E-state index >= 15 is 0 Å². The fourth-order valence-electron chi connectivity index (χ4n) is 1.58. The van der Waals surface area contributed by atoms with Crippen molar-refractivity contribution in [1.29, 1.82) is 0 Å². The molecular weight excluding hydrogens is 184 g/mol. The number of thioether (sulfide) groups is 1. The first-order chi connectivity index (χ1) is 6.40. The van der Waals surface area contributed by atoms with E-state index in [9.17, 15) is 0 Å². The molecule has 1 aliphatic rings. The fraction of sp³-hybridized carbons (Fsp3) is 0.667. The first kappa shape index (κ1) is 9.09. The van der Waals surface area contributed by atoms with Gasteiger partial charge in [0.05, 0.1) is 12.2 Å². The van der Waals surface area contributed by atoms with Gasteiger partial charge in [-0.1, -0.05) is 0 Å². The molecule has 0 N–H and O–H groups in total. The number of rotatable bonds is 2. The van der Waals surface area contributed by atoms with Crippen LogP contribution in [0.5, 0.6) is 0 Å². The summed E-state index contributed by atoms with van der Waals surface area (Å²) in [4.78, 5) is 1.24. The molecule has 1 aliphatic heterocycles. The second kappa shape index (κ2) is 4.15. The van der Waals surface area contributed by atoms with Gasteiger partial charge in [0.15, 0.2) is 0 Å². The Morgan fingerprint density at radius 3 is 2.92 bits per heavy atom. The highest BCUT2D eigenvalue weighted by atomic mass is 32.2. The molecule has 1 aromatic heterocycles. The second-order valence-corrected chi connectivity index (χ2v) is 4.08. The lowest BCUT2D eigenvalue weighted by molar-refractivity contribution is 0.0662. The molecule has 0 aromatic carbocycles. The molecule has 2 rings (SSSR count). The van der Waals surface area contributed by atoms with Crippen LogP contribution in [0.1, 0.15) is 18.9 Å². The van der Waals surface area contributed by atoms with Gasteiger partial charge in [-0.2, -0.15) is 5.10 Å². The lowest BCUT2D eigenvalue weighted by Gasteiger charge is -2.22. The van der Waals surface area contributed by atoms with Gasteiger partial charge in [0.2, 0.25) is 0 Å². The predicted octanol–water partition coefficient (Wildman–Crippen LogP) is 1.96. The summed E-state index contributed by atoms with van der Waals surface area (Å²) < 4.78 is 7.39. The van der Waals surface area contributed by atoms with E-state index in [2.05, 4.69) is 22.2 Å². The van der Waals surface area contributed by atoms with Crippen molar-refractivity contribution >= 4 is 11.8 Å². The minimum atomic E-state index is 0.551. The molecule has 1 saturated heterocycles. The van der Waals surface area contributed by atoms with Gasteiger partial charge in [0.25, 0.3) is 0 Å². The van der Waals surface area contributed by atoms with E-state index in [-0.39, 0.29) is 0 Å². The summed E-state index contributed by atoms with van der Waals surface area (Å²) in [5.41, 5.74) is 0. The Balaban J connectivity index is 2.05. The van der Waals surface area contributed by atoms with Crippen LogP contribution in [-0.2, 0) is 4.74 Å². The maximum Gasteiger partial charge on any atom is 0.0625 e. The van der Waals surface area contributed by atoms with Crippen molar-refractivity contribution in [3.8, 4) is 0 Å². The summed E-state index contributed by atoms with van der Waals surface area (Å²) in [5, 5.41) is 4.35. The average Bonchev–Trinajstić information content (AvgIpc) is 2.67. The van der Waals surface area contributed by atoms with E-state index in [1.165, 1.54) is 4.90 Å². The molecule has 72 valence electrons. The van der Waals surface area contributed by atoms with Crippen molar-refractivity contribution in [2.75, 3.05) is 19.5 Å². The SMILES string of the molecule is CSc1cnn(C2CCOCC2)c1. The number of aromatic nitrogens is 2. The number of hydrogen-bond acceptors (Lipinski definition) is 3.